The van der Waals surface area contributed by atoms with E-state index in [9.17, 15) is 4.79 Å². The standard InChI is InChI=1S/C18H21NO3/c1-4-22-16-7-5-6-15(12-16)19-18(20)11-14-8-9-17(21-3)13(2)10-14/h5-10,12H,4,11H2,1-3H3,(H,19,20). The number of hydrogen-bond donors (Lipinski definition) is 1. The van der Waals surface area contributed by atoms with Gasteiger partial charge in [0.15, 0.2) is 0 Å². The Hall–Kier alpha value is -2.49. The molecule has 0 aliphatic carbocycles. The normalized spacial score (nSPS) is 10.1. The van der Waals surface area contributed by atoms with Gasteiger partial charge >= 0.3 is 0 Å². The van der Waals surface area contributed by atoms with E-state index in [2.05, 4.69) is 5.32 Å². The van der Waals surface area contributed by atoms with Gasteiger partial charge in [-0.2, -0.15) is 0 Å². The molecule has 0 heterocycles. The second-order valence-electron chi connectivity index (χ2n) is 4.99. The third-order valence-electron chi connectivity index (χ3n) is 3.25. The highest BCUT2D eigenvalue weighted by Gasteiger charge is 2.07. The van der Waals surface area contributed by atoms with E-state index in [1.165, 1.54) is 0 Å². The summed E-state index contributed by atoms with van der Waals surface area (Å²) in [5, 5.41) is 2.89. The van der Waals surface area contributed by atoms with Crippen LogP contribution in [0.5, 0.6) is 11.5 Å². The van der Waals surface area contributed by atoms with E-state index in [0.29, 0.717) is 13.0 Å². The highest BCUT2D eigenvalue weighted by molar-refractivity contribution is 5.92. The first-order valence-electron chi connectivity index (χ1n) is 7.28. The first-order chi connectivity index (χ1) is 10.6. The van der Waals surface area contributed by atoms with Crippen molar-refractivity contribution in [3.8, 4) is 11.5 Å². The third-order valence-corrected chi connectivity index (χ3v) is 3.25. The van der Waals surface area contributed by atoms with Crippen molar-refractivity contribution in [1.82, 2.24) is 0 Å². The van der Waals surface area contributed by atoms with Crippen molar-refractivity contribution in [2.24, 2.45) is 0 Å². The summed E-state index contributed by atoms with van der Waals surface area (Å²) >= 11 is 0. The van der Waals surface area contributed by atoms with Crippen molar-refractivity contribution >= 4 is 11.6 Å². The summed E-state index contributed by atoms with van der Waals surface area (Å²) in [7, 11) is 1.64. The molecule has 116 valence electrons. The van der Waals surface area contributed by atoms with Gasteiger partial charge in [0.2, 0.25) is 5.91 Å². The van der Waals surface area contributed by atoms with Crippen LogP contribution in [0.4, 0.5) is 5.69 Å². The summed E-state index contributed by atoms with van der Waals surface area (Å²) < 4.78 is 10.6. The molecule has 0 saturated carbocycles. The zero-order valence-electron chi connectivity index (χ0n) is 13.2. The summed E-state index contributed by atoms with van der Waals surface area (Å²) in [6, 6.07) is 13.1. The Bertz CT molecular complexity index is 653. The lowest BCUT2D eigenvalue weighted by Crippen LogP contribution is -2.14. The number of anilines is 1. The number of rotatable bonds is 6. The van der Waals surface area contributed by atoms with Crippen LogP contribution in [0.25, 0.3) is 0 Å². The summed E-state index contributed by atoms with van der Waals surface area (Å²) in [6.45, 7) is 4.49. The van der Waals surface area contributed by atoms with Crippen LogP contribution in [0.1, 0.15) is 18.1 Å². The SMILES string of the molecule is CCOc1cccc(NC(=O)Cc2ccc(OC)c(C)c2)c1. The van der Waals surface area contributed by atoms with Crippen LogP contribution in [0.2, 0.25) is 0 Å². The highest BCUT2D eigenvalue weighted by atomic mass is 16.5. The van der Waals surface area contributed by atoms with Crippen molar-refractivity contribution in [3.05, 3.63) is 53.6 Å². The van der Waals surface area contributed by atoms with E-state index in [-0.39, 0.29) is 5.91 Å². The van der Waals surface area contributed by atoms with E-state index in [1.54, 1.807) is 7.11 Å². The van der Waals surface area contributed by atoms with Gasteiger partial charge in [0, 0.05) is 11.8 Å². The minimum absolute atomic E-state index is 0.0572. The zero-order chi connectivity index (χ0) is 15.9. The number of benzene rings is 2. The average Bonchev–Trinajstić information content (AvgIpc) is 2.48. The predicted octanol–water partition coefficient (Wildman–Crippen LogP) is 3.58. The van der Waals surface area contributed by atoms with Crippen molar-refractivity contribution in [2.45, 2.75) is 20.3 Å². The fourth-order valence-corrected chi connectivity index (χ4v) is 2.27. The number of nitrogens with one attached hydrogen (secondary N) is 1. The predicted molar refractivity (Wildman–Crippen MR) is 87.7 cm³/mol. The molecule has 1 N–H and O–H groups in total. The number of ether oxygens (including phenoxy) is 2. The van der Waals surface area contributed by atoms with E-state index in [0.717, 1.165) is 28.3 Å². The van der Waals surface area contributed by atoms with Crippen LogP contribution >= 0.6 is 0 Å². The quantitative estimate of drug-likeness (QED) is 0.887. The Morgan fingerprint density at radius 3 is 2.68 bits per heavy atom. The molecule has 2 aromatic carbocycles. The van der Waals surface area contributed by atoms with Gasteiger partial charge in [-0.05, 0) is 43.2 Å². The summed E-state index contributed by atoms with van der Waals surface area (Å²) in [4.78, 5) is 12.1. The molecule has 0 aliphatic rings. The van der Waals surface area contributed by atoms with Gasteiger partial charge in [0.05, 0.1) is 20.1 Å². The molecule has 4 heteroatoms. The molecule has 2 aromatic rings. The lowest BCUT2D eigenvalue weighted by Gasteiger charge is -2.09. The maximum absolute atomic E-state index is 12.1. The van der Waals surface area contributed by atoms with Gasteiger partial charge in [-0.25, -0.2) is 0 Å². The third kappa shape index (κ3) is 4.25. The smallest absolute Gasteiger partial charge is 0.228 e. The van der Waals surface area contributed by atoms with E-state index >= 15 is 0 Å². The Morgan fingerprint density at radius 2 is 2.00 bits per heavy atom. The maximum atomic E-state index is 12.1. The van der Waals surface area contributed by atoms with Crippen LogP contribution in [0.15, 0.2) is 42.5 Å². The first kappa shape index (κ1) is 15.9. The molecule has 0 fully saturated rings. The molecular weight excluding hydrogens is 278 g/mol. The molecule has 0 saturated heterocycles. The molecule has 2 rings (SSSR count). The van der Waals surface area contributed by atoms with E-state index in [1.807, 2.05) is 56.3 Å². The molecule has 0 aromatic heterocycles. The Kier molecular flexibility index (Phi) is 5.42. The molecule has 0 aliphatic heterocycles. The van der Waals surface area contributed by atoms with Crippen molar-refractivity contribution in [1.29, 1.82) is 0 Å². The maximum Gasteiger partial charge on any atom is 0.228 e. The number of hydrogen-bond acceptors (Lipinski definition) is 3. The monoisotopic (exact) mass is 299 g/mol. The summed E-state index contributed by atoms with van der Waals surface area (Å²) in [5.41, 5.74) is 2.71. The summed E-state index contributed by atoms with van der Waals surface area (Å²) in [6.07, 6.45) is 0.323. The zero-order valence-corrected chi connectivity index (χ0v) is 13.2. The second-order valence-corrected chi connectivity index (χ2v) is 4.99. The van der Waals surface area contributed by atoms with E-state index < -0.39 is 0 Å². The van der Waals surface area contributed by atoms with Crippen molar-refractivity contribution in [2.75, 3.05) is 19.0 Å². The topological polar surface area (TPSA) is 47.6 Å². The number of carbonyl (C=O) groups is 1. The number of aryl methyl sites for hydroxylation is 1. The minimum atomic E-state index is -0.0572. The van der Waals surface area contributed by atoms with Crippen molar-refractivity contribution < 1.29 is 14.3 Å². The number of amides is 1. The van der Waals surface area contributed by atoms with Crippen LogP contribution in [0, 0.1) is 6.92 Å². The molecule has 4 nitrogen and oxygen atoms in total. The van der Waals surface area contributed by atoms with Gasteiger partial charge in [-0.15, -0.1) is 0 Å². The highest BCUT2D eigenvalue weighted by Crippen LogP contribution is 2.20. The largest absolute Gasteiger partial charge is 0.496 e. The lowest BCUT2D eigenvalue weighted by molar-refractivity contribution is -0.115. The number of carbonyl (C=O) groups excluding carboxylic acids is 1. The van der Waals surface area contributed by atoms with Crippen LogP contribution in [-0.4, -0.2) is 19.6 Å². The summed E-state index contributed by atoms with van der Waals surface area (Å²) in [5.74, 6) is 1.52. The van der Waals surface area contributed by atoms with Gasteiger partial charge in [-0.3, -0.25) is 4.79 Å². The lowest BCUT2D eigenvalue weighted by atomic mass is 10.1. The molecule has 22 heavy (non-hydrogen) atoms. The fraction of sp³-hybridized carbons (Fsp3) is 0.278. The molecule has 0 spiro atoms. The molecular formula is C18H21NO3. The Balaban J connectivity index is 2.00. The van der Waals surface area contributed by atoms with Crippen LogP contribution in [-0.2, 0) is 11.2 Å². The molecule has 0 atom stereocenters. The molecule has 1 amide bonds. The molecule has 0 bridgehead atoms. The molecule has 0 radical (unpaired) electrons. The van der Waals surface area contributed by atoms with Gasteiger partial charge in [-0.1, -0.05) is 18.2 Å². The minimum Gasteiger partial charge on any atom is -0.496 e. The van der Waals surface area contributed by atoms with Crippen LogP contribution < -0.4 is 14.8 Å². The van der Waals surface area contributed by atoms with E-state index in [4.69, 9.17) is 9.47 Å². The molecule has 0 unspecified atom stereocenters. The second kappa shape index (κ2) is 7.50. The van der Waals surface area contributed by atoms with Crippen molar-refractivity contribution in [3.63, 3.8) is 0 Å². The fourth-order valence-electron chi connectivity index (χ4n) is 2.27. The number of methoxy groups -OCH3 is 1. The van der Waals surface area contributed by atoms with Gasteiger partial charge in [0.25, 0.3) is 0 Å². The van der Waals surface area contributed by atoms with Gasteiger partial charge in [0.1, 0.15) is 11.5 Å². The van der Waals surface area contributed by atoms with Gasteiger partial charge < -0.3 is 14.8 Å². The average molecular weight is 299 g/mol. The first-order valence-corrected chi connectivity index (χ1v) is 7.28. The Morgan fingerprint density at radius 1 is 1.18 bits per heavy atom. The van der Waals surface area contributed by atoms with Crippen LogP contribution in [0.3, 0.4) is 0 Å². The Labute approximate surface area is 131 Å².